The number of rotatable bonds is 6. The van der Waals surface area contributed by atoms with Gasteiger partial charge in [-0.15, -0.1) is 11.3 Å². The van der Waals surface area contributed by atoms with Gasteiger partial charge in [-0.1, -0.05) is 6.07 Å². The molecule has 1 N–H and O–H groups in total. The summed E-state index contributed by atoms with van der Waals surface area (Å²) >= 11 is 1.59. The Bertz CT molecular complexity index is 1300. The van der Waals surface area contributed by atoms with Gasteiger partial charge in [-0.05, 0) is 71.8 Å². The summed E-state index contributed by atoms with van der Waals surface area (Å²) < 4.78 is 1.76. The van der Waals surface area contributed by atoms with Gasteiger partial charge in [0.2, 0.25) is 5.91 Å². The molecular formula is C26H25N5O2S. The first-order valence-electron chi connectivity index (χ1n) is 11.2. The van der Waals surface area contributed by atoms with Crippen molar-refractivity contribution in [3.05, 3.63) is 99.3 Å². The van der Waals surface area contributed by atoms with Gasteiger partial charge in [-0.2, -0.15) is 5.10 Å². The lowest BCUT2D eigenvalue weighted by Gasteiger charge is -2.30. The minimum atomic E-state index is 0.00374. The molecule has 4 heterocycles. The Labute approximate surface area is 202 Å². The van der Waals surface area contributed by atoms with Crippen LogP contribution < -0.4 is 5.32 Å². The topological polar surface area (TPSA) is 80.1 Å². The molecule has 1 aromatic carbocycles. The second-order valence-corrected chi connectivity index (χ2v) is 9.37. The monoisotopic (exact) mass is 471 g/mol. The van der Waals surface area contributed by atoms with Crippen molar-refractivity contribution in [2.24, 2.45) is 0 Å². The molecule has 1 aliphatic rings. The average molecular weight is 472 g/mol. The number of aromatic nitrogens is 3. The van der Waals surface area contributed by atoms with Crippen molar-refractivity contribution in [1.29, 1.82) is 0 Å². The maximum Gasteiger partial charge on any atom is 0.254 e. The van der Waals surface area contributed by atoms with E-state index < -0.39 is 0 Å². The summed E-state index contributed by atoms with van der Waals surface area (Å²) in [7, 11) is 0. The molecular weight excluding hydrogens is 446 g/mol. The van der Waals surface area contributed by atoms with E-state index in [1.165, 1.54) is 5.56 Å². The van der Waals surface area contributed by atoms with E-state index in [4.69, 9.17) is 0 Å². The van der Waals surface area contributed by atoms with Gasteiger partial charge >= 0.3 is 0 Å². The lowest BCUT2D eigenvalue weighted by molar-refractivity contribution is -0.120. The zero-order valence-corrected chi connectivity index (χ0v) is 19.7. The summed E-state index contributed by atoms with van der Waals surface area (Å²) in [5.74, 6) is 0.00895. The third kappa shape index (κ3) is 4.63. The number of carbonyl (C=O) groups is 2. The molecule has 172 valence electrons. The van der Waals surface area contributed by atoms with E-state index >= 15 is 0 Å². The molecule has 1 aliphatic heterocycles. The predicted molar refractivity (Wildman–Crippen MR) is 131 cm³/mol. The van der Waals surface area contributed by atoms with E-state index in [2.05, 4.69) is 15.4 Å². The molecule has 2 amide bonds. The van der Waals surface area contributed by atoms with Gasteiger partial charge in [-0.25, -0.2) is 4.68 Å². The van der Waals surface area contributed by atoms with Crippen LogP contribution in [0.2, 0.25) is 0 Å². The molecule has 5 rings (SSSR count). The van der Waals surface area contributed by atoms with Crippen LogP contribution in [0, 0.1) is 6.92 Å². The van der Waals surface area contributed by atoms with Gasteiger partial charge in [0.25, 0.3) is 5.91 Å². The van der Waals surface area contributed by atoms with Gasteiger partial charge in [0, 0.05) is 54.4 Å². The minimum absolute atomic E-state index is 0.00374. The second kappa shape index (κ2) is 9.61. The molecule has 0 aliphatic carbocycles. The van der Waals surface area contributed by atoms with Crippen LogP contribution in [-0.4, -0.2) is 38.0 Å². The summed E-state index contributed by atoms with van der Waals surface area (Å²) in [6, 6.07) is 13.3. The third-order valence-corrected chi connectivity index (χ3v) is 7.02. The summed E-state index contributed by atoms with van der Waals surface area (Å²) in [6.45, 7) is 3.57. The number of amides is 2. The molecule has 34 heavy (non-hydrogen) atoms. The molecule has 3 aromatic heterocycles. The molecule has 0 fully saturated rings. The van der Waals surface area contributed by atoms with Gasteiger partial charge in [0.15, 0.2) is 0 Å². The summed E-state index contributed by atoms with van der Waals surface area (Å²) in [5.41, 5.74) is 5.79. The highest BCUT2D eigenvalue weighted by molar-refractivity contribution is 7.10. The number of fused-ring (bicyclic) bond motifs is 1. The molecule has 4 aromatic rings. The molecule has 8 heteroatoms. The highest BCUT2D eigenvalue weighted by Gasteiger charge is 2.25. The Morgan fingerprint density at radius 2 is 2.00 bits per heavy atom. The lowest BCUT2D eigenvalue weighted by Crippen LogP contribution is -2.37. The van der Waals surface area contributed by atoms with Crippen molar-refractivity contribution in [3.8, 4) is 5.69 Å². The van der Waals surface area contributed by atoms with Crippen molar-refractivity contribution in [3.63, 3.8) is 0 Å². The number of thiophene rings is 1. The predicted octanol–water partition coefficient (Wildman–Crippen LogP) is 3.69. The fourth-order valence-electron chi connectivity index (χ4n) is 4.31. The molecule has 0 radical (unpaired) electrons. The number of aryl methyl sites for hydroxylation is 1. The quantitative estimate of drug-likeness (QED) is 0.465. The molecule has 0 atom stereocenters. The lowest BCUT2D eigenvalue weighted by atomic mass is 9.94. The molecule has 0 saturated heterocycles. The fraction of sp³-hybridized carbons (Fsp3) is 0.231. The van der Waals surface area contributed by atoms with Crippen LogP contribution in [-0.2, 0) is 30.7 Å². The molecule has 0 saturated carbocycles. The first-order chi connectivity index (χ1) is 16.6. The highest BCUT2D eigenvalue weighted by atomic mass is 32.1. The maximum absolute atomic E-state index is 13.2. The number of hydrogen-bond acceptors (Lipinski definition) is 5. The fourth-order valence-corrected chi connectivity index (χ4v) is 5.02. The SMILES string of the molecule is Cc1ncc2c(c1CNC(=O)Cc1cccs1)CCN(C(=O)c1ccc(-n3cccn3)cc1)C2. The average Bonchev–Trinajstić information content (AvgIpc) is 3.57. The van der Waals surface area contributed by atoms with Gasteiger partial charge in [0.05, 0.1) is 12.1 Å². The largest absolute Gasteiger partial charge is 0.352 e. The van der Waals surface area contributed by atoms with E-state index in [0.717, 1.165) is 33.8 Å². The zero-order chi connectivity index (χ0) is 23.5. The number of pyridine rings is 1. The number of nitrogens with zero attached hydrogens (tertiary/aromatic N) is 4. The molecule has 7 nitrogen and oxygen atoms in total. The number of nitrogens with one attached hydrogen (secondary N) is 1. The van der Waals surface area contributed by atoms with Gasteiger partial charge < -0.3 is 10.2 Å². The van der Waals surface area contributed by atoms with Crippen LogP contribution in [0.3, 0.4) is 0 Å². The smallest absolute Gasteiger partial charge is 0.254 e. The Balaban J connectivity index is 1.26. The van der Waals surface area contributed by atoms with Crippen LogP contribution in [0.5, 0.6) is 0 Å². The van der Waals surface area contributed by atoms with E-state index in [-0.39, 0.29) is 11.8 Å². The van der Waals surface area contributed by atoms with Crippen LogP contribution in [0.1, 0.15) is 37.6 Å². The molecule has 0 bridgehead atoms. The Hall–Kier alpha value is -3.78. The van der Waals surface area contributed by atoms with Gasteiger partial charge in [-0.3, -0.25) is 14.6 Å². The van der Waals surface area contributed by atoms with Crippen molar-refractivity contribution in [2.45, 2.75) is 32.9 Å². The standard InChI is InChI=1S/C26H25N5O2S/c1-18-24(16-28-25(32)14-22-4-2-13-34-22)23-9-12-30(17-20(23)15-27-18)26(33)19-5-7-21(8-6-19)31-11-3-10-29-31/h2-8,10-11,13,15H,9,12,14,16-17H2,1H3,(H,28,32). The van der Waals surface area contributed by atoms with E-state index in [1.54, 1.807) is 22.2 Å². The van der Waals surface area contributed by atoms with E-state index in [1.807, 2.05) is 72.1 Å². The normalized spacial score (nSPS) is 12.9. The third-order valence-electron chi connectivity index (χ3n) is 6.14. The van der Waals surface area contributed by atoms with Crippen molar-refractivity contribution < 1.29 is 9.59 Å². The van der Waals surface area contributed by atoms with Crippen LogP contribution in [0.25, 0.3) is 5.69 Å². The van der Waals surface area contributed by atoms with E-state index in [0.29, 0.717) is 31.6 Å². The highest BCUT2D eigenvalue weighted by Crippen LogP contribution is 2.25. The van der Waals surface area contributed by atoms with Gasteiger partial charge in [0.1, 0.15) is 0 Å². The minimum Gasteiger partial charge on any atom is -0.352 e. The Morgan fingerprint density at radius 3 is 2.74 bits per heavy atom. The Morgan fingerprint density at radius 1 is 1.15 bits per heavy atom. The first-order valence-corrected chi connectivity index (χ1v) is 12.1. The van der Waals surface area contributed by atoms with Crippen LogP contribution in [0.4, 0.5) is 0 Å². The zero-order valence-electron chi connectivity index (χ0n) is 18.9. The van der Waals surface area contributed by atoms with Crippen molar-refractivity contribution in [2.75, 3.05) is 6.54 Å². The Kier molecular flexibility index (Phi) is 6.22. The number of carbonyl (C=O) groups excluding carboxylic acids is 2. The number of benzene rings is 1. The second-order valence-electron chi connectivity index (χ2n) is 8.33. The molecule has 0 spiro atoms. The van der Waals surface area contributed by atoms with Crippen LogP contribution in [0.15, 0.2) is 66.4 Å². The number of hydrogen-bond donors (Lipinski definition) is 1. The summed E-state index contributed by atoms with van der Waals surface area (Å²) in [5, 5.41) is 9.25. The van der Waals surface area contributed by atoms with Crippen LogP contribution >= 0.6 is 11.3 Å². The van der Waals surface area contributed by atoms with Crippen molar-refractivity contribution in [1.82, 2.24) is 25.0 Å². The first kappa shape index (κ1) is 22.0. The van der Waals surface area contributed by atoms with E-state index in [9.17, 15) is 9.59 Å². The molecule has 0 unspecified atom stereocenters. The summed E-state index contributed by atoms with van der Waals surface area (Å²) in [6.07, 6.45) is 6.59. The summed E-state index contributed by atoms with van der Waals surface area (Å²) in [4.78, 5) is 33.0. The van der Waals surface area contributed by atoms with Crippen molar-refractivity contribution >= 4 is 23.2 Å². The maximum atomic E-state index is 13.2.